The molecular formula is C29H48N2O4. The number of carbonyl (C=O) groups is 3. The minimum atomic E-state index is -1.02. The Balaban J connectivity index is 2.17. The van der Waals surface area contributed by atoms with Crippen molar-refractivity contribution in [2.24, 2.45) is 5.92 Å². The molecule has 0 aromatic heterocycles. The third kappa shape index (κ3) is 13.9. The summed E-state index contributed by atoms with van der Waals surface area (Å²) in [7, 11) is 0. The van der Waals surface area contributed by atoms with Crippen molar-refractivity contribution in [3.05, 3.63) is 35.4 Å². The fourth-order valence-electron chi connectivity index (χ4n) is 4.11. The van der Waals surface area contributed by atoms with Crippen LogP contribution in [0.4, 0.5) is 0 Å². The third-order valence-electron chi connectivity index (χ3n) is 6.72. The van der Waals surface area contributed by atoms with E-state index < -0.39 is 12.0 Å². The third-order valence-corrected chi connectivity index (χ3v) is 6.72. The Morgan fingerprint density at radius 3 is 1.89 bits per heavy atom. The molecule has 0 aliphatic rings. The Kier molecular flexibility index (Phi) is 16.6. The Morgan fingerprint density at radius 2 is 1.37 bits per heavy atom. The topological polar surface area (TPSA) is 95.5 Å². The number of hydrogen-bond donors (Lipinski definition) is 3. The zero-order valence-electron chi connectivity index (χ0n) is 22.2. The maximum absolute atomic E-state index is 12.4. The number of hydrogen-bond acceptors (Lipinski definition) is 3. The molecule has 198 valence electrons. The highest BCUT2D eigenvalue weighted by atomic mass is 16.4. The highest BCUT2D eigenvalue weighted by molar-refractivity contribution is 5.96. The van der Waals surface area contributed by atoms with Crippen LogP contribution in [0, 0.1) is 5.92 Å². The van der Waals surface area contributed by atoms with Crippen molar-refractivity contribution in [1.29, 1.82) is 0 Å². The molecule has 35 heavy (non-hydrogen) atoms. The van der Waals surface area contributed by atoms with Crippen LogP contribution in [-0.4, -0.2) is 35.5 Å². The molecule has 2 amide bonds. The molecule has 1 aromatic rings. The number of carboxylic acids is 1. The smallest absolute Gasteiger partial charge is 0.326 e. The lowest BCUT2D eigenvalue weighted by atomic mass is 9.98. The molecule has 0 unspecified atom stereocenters. The van der Waals surface area contributed by atoms with E-state index in [0.717, 1.165) is 18.4 Å². The SMILES string of the molecule is CCCCCCCCCCCCCC(=O)NCCc1ccc(C(=O)N[C@H](C(=O)O)[C@@H](C)CC)cc1. The predicted molar refractivity (Wildman–Crippen MR) is 143 cm³/mol. The lowest BCUT2D eigenvalue weighted by molar-refractivity contribution is -0.140. The summed E-state index contributed by atoms with van der Waals surface area (Å²) in [6, 6.07) is 6.21. The van der Waals surface area contributed by atoms with Gasteiger partial charge in [-0.25, -0.2) is 4.79 Å². The normalized spacial score (nSPS) is 12.7. The van der Waals surface area contributed by atoms with Gasteiger partial charge in [0.05, 0.1) is 0 Å². The summed E-state index contributed by atoms with van der Waals surface area (Å²) in [4.78, 5) is 35.9. The summed E-state index contributed by atoms with van der Waals surface area (Å²) >= 11 is 0. The highest BCUT2D eigenvalue weighted by Gasteiger charge is 2.25. The first-order valence-corrected chi connectivity index (χ1v) is 13.8. The molecule has 0 aliphatic carbocycles. The van der Waals surface area contributed by atoms with Gasteiger partial charge in [0, 0.05) is 18.5 Å². The first-order chi connectivity index (χ1) is 16.9. The van der Waals surface area contributed by atoms with Gasteiger partial charge in [-0.2, -0.15) is 0 Å². The summed E-state index contributed by atoms with van der Waals surface area (Å²) in [5.41, 5.74) is 1.46. The highest BCUT2D eigenvalue weighted by Crippen LogP contribution is 2.13. The van der Waals surface area contributed by atoms with E-state index in [4.69, 9.17) is 0 Å². The van der Waals surface area contributed by atoms with Gasteiger partial charge in [0.2, 0.25) is 5.91 Å². The number of amides is 2. The molecule has 0 saturated carbocycles. The van der Waals surface area contributed by atoms with E-state index in [1.165, 1.54) is 57.8 Å². The number of nitrogens with one attached hydrogen (secondary N) is 2. The van der Waals surface area contributed by atoms with Crippen molar-refractivity contribution >= 4 is 17.8 Å². The second-order valence-corrected chi connectivity index (χ2v) is 9.76. The Labute approximate surface area is 212 Å². The molecule has 6 nitrogen and oxygen atoms in total. The summed E-state index contributed by atoms with van der Waals surface area (Å²) in [5.74, 6) is -1.45. The molecule has 6 heteroatoms. The second kappa shape index (κ2) is 18.9. The maximum atomic E-state index is 12.4. The summed E-state index contributed by atoms with van der Waals surface area (Å²) in [6.45, 7) is 6.53. The average molecular weight is 489 g/mol. The van der Waals surface area contributed by atoms with E-state index in [2.05, 4.69) is 17.6 Å². The summed E-state index contributed by atoms with van der Waals surface area (Å²) in [6.07, 6.45) is 15.9. The molecule has 0 saturated heterocycles. The van der Waals surface area contributed by atoms with Crippen molar-refractivity contribution in [1.82, 2.24) is 10.6 Å². The lowest BCUT2D eigenvalue weighted by Crippen LogP contribution is -2.45. The molecule has 0 radical (unpaired) electrons. The van der Waals surface area contributed by atoms with Crippen molar-refractivity contribution < 1.29 is 19.5 Å². The van der Waals surface area contributed by atoms with E-state index in [0.29, 0.717) is 31.4 Å². The van der Waals surface area contributed by atoms with Crippen LogP contribution in [-0.2, 0) is 16.0 Å². The number of rotatable bonds is 20. The van der Waals surface area contributed by atoms with Gasteiger partial charge in [0.15, 0.2) is 0 Å². The van der Waals surface area contributed by atoms with Gasteiger partial charge in [-0.15, -0.1) is 0 Å². The van der Waals surface area contributed by atoms with Crippen LogP contribution in [0.25, 0.3) is 0 Å². The van der Waals surface area contributed by atoms with Gasteiger partial charge in [-0.3, -0.25) is 9.59 Å². The van der Waals surface area contributed by atoms with Crippen LogP contribution in [0.3, 0.4) is 0 Å². The lowest BCUT2D eigenvalue weighted by Gasteiger charge is -2.20. The number of carboxylic acid groups (broad SMARTS) is 1. The van der Waals surface area contributed by atoms with E-state index in [1.54, 1.807) is 12.1 Å². The number of carbonyl (C=O) groups excluding carboxylic acids is 2. The van der Waals surface area contributed by atoms with E-state index in [9.17, 15) is 19.5 Å². The number of aliphatic carboxylic acids is 1. The van der Waals surface area contributed by atoms with Crippen molar-refractivity contribution in [2.45, 2.75) is 117 Å². The molecule has 0 aliphatic heterocycles. The van der Waals surface area contributed by atoms with Crippen molar-refractivity contribution in [2.75, 3.05) is 6.54 Å². The quantitative estimate of drug-likeness (QED) is 0.188. The van der Waals surface area contributed by atoms with Crippen LogP contribution in [0.2, 0.25) is 0 Å². The first kappa shape index (κ1) is 30.7. The standard InChI is InChI=1S/C29H48N2O4/c1-4-6-7-8-9-10-11-12-13-14-15-16-26(32)30-22-21-24-17-19-25(20-18-24)28(33)31-27(29(34)35)23(3)5-2/h17-20,23,27H,4-16,21-22H2,1-3H3,(H,30,32)(H,31,33)(H,34,35)/t23-,27-/m0/s1. The Morgan fingerprint density at radius 1 is 0.829 bits per heavy atom. The summed E-state index contributed by atoms with van der Waals surface area (Å²) < 4.78 is 0. The van der Waals surface area contributed by atoms with Gasteiger partial charge >= 0.3 is 5.97 Å². The average Bonchev–Trinajstić information content (AvgIpc) is 2.85. The minimum absolute atomic E-state index is 0.0988. The van der Waals surface area contributed by atoms with Gasteiger partial charge in [0.1, 0.15) is 6.04 Å². The molecule has 0 bridgehead atoms. The maximum Gasteiger partial charge on any atom is 0.326 e. The van der Waals surface area contributed by atoms with Crippen molar-refractivity contribution in [3.63, 3.8) is 0 Å². The molecule has 1 aromatic carbocycles. The van der Waals surface area contributed by atoms with Gasteiger partial charge in [-0.1, -0.05) is 104 Å². The molecular weight excluding hydrogens is 440 g/mol. The molecule has 3 N–H and O–H groups in total. The largest absolute Gasteiger partial charge is 0.480 e. The molecule has 0 heterocycles. The monoisotopic (exact) mass is 488 g/mol. The fourth-order valence-corrected chi connectivity index (χ4v) is 4.11. The first-order valence-electron chi connectivity index (χ1n) is 13.8. The van der Waals surface area contributed by atoms with Gasteiger partial charge in [-0.05, 0) is 36.5 Å². The minimum Gasteiger partial charge on any atom is -0.480 e. The molecule has 0 spiro atoms. The van der Waals surface area contributed by atoms with Gasteiger partial charge in [0.25, 0.3) is 5.91 Å². The van der Waals surface area contributed by atoms with Gasteiger partial charge < -0.3 is 15.7 Å². The Bertz CT molecular complexity index is 733. The van der Waals surface area contributed by atoms with Crippen LogP contribution in [0.15, 0.2) is 24.3 Å². The zero-order valence-corrected chi connectivity index (χ0v) is 22.2. The van der Waals surface area contributed by atoms with Crippen molar-refractivity contribution in [3.8, 4) is 0 Å². The van der Waals surface area contributed by atoms with E-state index in [1.807, 2.05) is 26.0 Å². The number of benzene rings is 1. The fraction of sp³-hybridized carbons (Fsp3) is 0.690. The molecule has 2 atom stereocenters. The zero-order chi connectivity index (χ0) is 25.9. The van der Waals surface area contributed by atoms with Crippen LogP contribution >= 0.6 is 0 Å². The number of unbranched alkanes of at least 4 members (excludes halogenated alkanes) is 10. The molecule has 1 rings (SSSR count). The second-order valence-electron chi connectivity index (χ2n) is 9.76. The van der Waals surface area contributed by atoms with Crippen LogP contribution in [0.1, 0.15) is 120 Å². The van der Waals surface area contributed by atoms with E-state index in [-0.39, 0.29) is 17.7 Å². The molecule has 0 fully saturated rings. The predicted octanol–water partition coefficient (Wildman–Crippen LogP) is 6.28. The van der Waals surface area contributed by atoms with Crippen LogP contribution < -0.4 is 10.6 Å². The Hall–Kier alpha value is -2.37. The summed E-state index contributed by atoms with van der Waals surface area (Å²) in [5, 5.41) is 14.9. The van der Waals surface area contributed by atoms with Crippen LogP contribution in [0.5, 0.6) is 0 Å². The van der Waals surface area contributed by atoms with E-state index >= 15 is 0 Å².